The molecule has 38 heavy (non-hydrogen) atoms. The van der Waals surface area contributed by atoms with Crippen LogP contribution in [0.25, 0.3) is 33.5 Å². The molecule has 0 atom stereocenters. The van der Waals surface area contributed by atoms with Gasteiger partial charge in [-0.2, -0.15) is 13.2 Å². The third-order valence-electron chi connectivity index (χ3n) is 6.48. The highest BCUT2D eigenvalue weighted by molar-refractivity contribution is 5.80. The molecule has 1 aliphatic rings. The quantitative estimate of drug-likeness (QED) is 0.281. The number of carboxylic acids is 1. The number of alkyl halides is 3. The number of likely N-dealkylation sites (tertiary alicyclic amines) is 1. The van der Waals surface area contributed by atoms with Gasteiger partial charge in [-0.1, -0.05) is 42.5 Å². The van der Waals surface area contributed by atoms with Crippen LogP contribution < -0.4 is 0 Å². The van der Waals surface area contributed by atoms with Crippen molar-refractivity contribution in [1.29, 1.82) is 0 Å². The van der Waals surface area contributed by atoms with Crippen molar-refractivity contribution in [2.45, 2.75) is 25.6 Å². The molecular formula is C28H27F4N3O3. The lowest BCUT2D eigenvalue weighted by Gasteiger charge is -2.31. The number of hydrogen-bond acceptors (Lipinski definition) is 4. The lowest BCUT2D eigenvalue weighted by molar-refractivity contribution is -0.192. The summed E-state index contributed by atoms with van der Waals surface area (Å²) in [6.45, 7) is 3.37. The molecule has 0 bridgehead atoms. The Morgan fingerprint density at radius 1 is 0.974 bits per heavy atom. The van der Waals surface area contributed by atoms with Crippen LogP contribution in [-0.4, -0.2) is 56.9 Å². The van der Waals surface area contributed by atoms with Gasteiger partial charge in [0.25, 0.3) is 0 Å². The van der Waals surface area contributed by atoms with Gasteiger partial charge in [-0.15, -0.1) is 0 Å². The minimum Gasteiger partial charge on any atom is -0.475 e. The smallest absolute Gasteiger partial charge is 0.475 e. The van der Waals surface area contributed by atoms with Gasteiger partial charge in [0.15, 0.2) is 0 Å². The monoisotopic (exact) mass is 529 g/mol. The number of aromatic nitrogens is 2. The summed E-state index contributed by atoms with van der Waals surface area (Å²) in [6.07, 6.45) is -2.92. The summed E-state index contributed by atoms with van der Waals surface area (Å²) in [5.74, 6) is -1.82. The number of nitrogens with one attached hydrogen (secondary N) is 1. The van der Waals surface area contributed by atoms with Gasteiger partial charge in [-0.25, -0.2) is 14.2 Å². The maximum absolute atomic E-state index is 13.5. The third kappa shape index (κ3) is 6.96. The van der Waals surface area contributed by atoms with E-state index >= 15 is 0 Å². The number of imidazole rings is 1. The molecule has 1 aromatic heterocycles. The zero-order valence-electron chi connectivity index (χ0n) is 20.4. The van der Waals surface area contributed by atoms with Crippen LogP contribution in [0.15, 0.2) is 66.7 Å². The standard InChI is InChI=1S/C26H26FN3O.C2HF3O2/c27-23-8-9-24-25(15-23)29-26(28-24)22-3-1-2-21(14-22)20-6-4-18(5-7-20)16-30-12-10-19(17-31)11-13-30;3-2(4,5)1(6)7/h1-9,14-15,19,31H,10-13,16-17H2,(H,28,29);(H,6,7). The summed E-state index contributed by atoms with van der Waals surface area (Å²) >= 11 is 0. The van der Waals surface area contributed by atoms with Gasteiger partial charge in [-0.05, 0) is 72.8 Å². The van der Waals surface area contributed by atoms with E-state index in [-0.39, 0.29) is 5.82 Å². The molecule has 0 radical (unpaired) electrons. The van der Waals surface area contributed by atoms with Crippen molar-refractivity contribution >= 4 is 17.0 Å². The van der Waals surface area contributed by atoms with Crippen molar-refractivity contribution in [3.8, 4) is 22.5 Å². The first-order chi connectivity index (χ1) is 18.1. The Morgan fingerprint density at radius 3 is 2.26 bits per heavy atom. The average Bonchev–Trinajstić information content (AvgIpc) is 3.33. The first kappa shape index (κ1) is 27.3. The largest absolute Gasteiger partial charge is 0.490 e. The molecule has 1 saturated heterocycles. The number of fused-ring (bicyclic) bond motifs is 1. The molecule has 2 heterocycles. The number of carbonyl (C=O) groups is 1. The second-order valence-corrected chi connectivity index (χ2v) is 9.23. The van der Waals surface area contributed by atoms with E-state index in [0.717, 1.165) is 60.5 Å². The van der Waals surface area contributed by atoms with Crippen molar-refractivity contribution in [2.24, 2.45) is 5.92 Å². The molecule has 0 unspecified atom stereocenters. The Bertz CT molecular complexity index is 1380. The van der Waals surface area contributed by atoms with Gasteiger partial charge >= 0.3 is 12.1 Å². The van der Waals surface area contributed by atoms with Crippen LogP contribution in [0.5, 0.6) is 0 Å². The maximum Gasteiger partial charge on any atom is 0.490 e. The van der Waals surface area contributed by atoms with E-state index in [2.05, 4.69) is 51.3 Å². The molecule has 0 spiro atoms. The van der Waals surface area contributed by atoms with Gasteiger partial charge in [-0.3, -0.25) is 4.90 Å². The van der Waals surface area contributed by atoms with Crippen LogP contribution in [0.2, 0.25) is 0 Å². The summed E-state index contributed by atoms with van der Waals surface area (Å²) < 4.78 is 45.2. The van der Waals surface area contributed by atoms with E-state index < -0.39 is 12.1 Å². The van der Waals surface area contributed by atoms with E-state index in [1.807, 2.05) is 12.1 Å². The van der Waals surface area contributed by atoms with E-state index in [9.17, 15) is 22.7 Å². The Balaban J connectivity index is 0.000000426. The normalized spacial score (nSPS) is 14.8. The summed E-state index contributed by atoms with van der Waals surface area (Å²) in [6, 6.07) is 21.6. The maximum atomic E-state index is 13.5. The molecule has 5 rings (SSSR count). The Labute approximate surface area is 216 Å². The van der Waals surface area contributed by atoms with Crippen molar-refractivity contribution in [3.05, 3.63) is 78.1 Å². The molecule has 4 aromatic rings. The number of aliphatic hydroxyl groups is 1. The molecule has 1 fully saturated rings. The van der Waals surface area contributed by atoms with Crippen molar-refractivity contribution in [2.75, 3.05) is 19.7 Å². The number of piperidine rings is 1. The Kier molecular flexibility index (Phi) is 8.43. The second-order valence-electron chi connectivity index (χ2n) is 9.23. The number of aliphatic hydroxyl groups excluding tert-OH is 1. The van der Waals surface area contributed by atoms with Crippen LogP contribution in [0, 0.1) is 11.7 Å². The van der Waals surface area contributed by atoms with Crippen molar-refractivity contribution in [1.82, 2.24) is 14.9 Å². The van der Waals surface area contributed by atoms with E-state index in [1.54, 1.807) is 6.07 Å². The van der Waals surface area contributed by atoms with Crippen LogP contribution in [0.3, 0.4) is 0 Å². The molecule has 200 valence electrons. The zero-order chi connectivity index (χ0) is 27.3. The minimum atomic E-state index is -5.08. The summed E-state index contributed by atoms with van der Waals surface area (Å²) in [5, 5.41) is 16.4. The molecule has 3 aromatic carbocycles. The zero-order valence-corrected chi connectivity index (χ0v) is 20.4. The second kappa shape index (κ2) is 11.7. The number of benzene rings is 3. The number of aromatic amines is 1. The topological polar surface area (TPSA) is 89.4 Å². The Hall–Kier alpha value is -3.76. The third-order valence-corrected chi connectivity index (χ3v) is 6.48. The van der Waals surface area contributed by atoms with Crippen molar-refractivity contribution < 1.29 is 32.6 Å². The fraction of sp³-hybridized carbons (Fsp3) is 0.286. The van der Waals surface area contributed by atoms with Crippen LogP contribution in [0.1, 0.15) is 18.4 Å². The highest BCUT2D eigenvalue weighted by atomic mass is 19.4. The number of carboxylic acid groups (broad SMARTS) is 1. The first-order valence-electron chi connectivity index (χ1n) is 12.1. The van der Waals surface area contributed by atoms with E-state index in [1.165, 1.54) is 17.7 Å². The number of aliphatic carboxylic acids is 1. The van der Waals surface area contributed by atoms with E-state index in [4.69, 9.17) is 9.90 Å². The number of H-pyrrole nitrogens is 1. The van der Waals surface area contributed by atoms with Crippen LogP contribution in [-0.2, 0) is 11.3 Å². The van der Waals surface area contributed by atoms with Gasteiger partial charge in [0.1, 0.15) is 11.6 Å². The summed E-state index contributed by atoms with van der Waals surface area (Å²) in [4.78, 5) is 19.2. The fourth-order valence-corrected chi connectivity index (χ4v) is 4.35. The van der Waals surface area contributed by atoms with Crippen LogP contribution in [0.4, 0.5) is 17.6 Å². The Morgan fingerprint density at radius 2 is 1.63 bits per heavy atom. The molecule has 0 aliphatic carbocycles. The fourth-order valence-electron chi connectivity index (χ4n) is 4.35. The van der Waals surface area contributed by atoms with Gasteiger partial charge < -0.3 is 15.2 Å². The molecule has 0 saturated carbocycles. The van der Waals surface area contributed by atoms with Gasteiger partial charge in [0.2, 0.25) is 0 Å². The molecule has 0 amide bonds. The number of hydrogen-bond donors (Lipinski definition) is 3. The predicted molar refractivity (Wildman–Crippen MR) is 136 cm³/mol. The molecule has 6 nitrogen and oxygen atoms in total. The molecule has 3 N–H and O–H groups in total. The summed E-state index contributed by atoms with van der Waals surface area (Å²) in [5.41, 5.74) is 6.03. The highest BCUT2D eigenvalue weighted by Gasteiger charge is 2.38. The number of halogens is 4. The van der Waals surface area contributed by atoms with Crippen molar-refractivity contribution in [3.63, 3.8) is 0 Å². The lowest BCUT2D eigenvalue weighted by atomic mass is 9.97. The predicted octanol–water partition coefficient (Wildman–Crippen LogP) is 5.87. The first-order valence-corrected chi connectivity index (χ1v) is 12.1. The molecule has 10 heteroatoms. The van der Waals surface area contributed by atoms with E-state index in [0.29, 0.717) is 18.0 Å². The minimum absolute atomic E-state index is 0.269. The van der Waals surface area contributed by atoms with Gasteiger partial charge in [0, 0.05) is 18.7 Å². The lowest BCUT2D eigenvalue weighted by Crippen LogP contribution is -2.34. The SMILES string of the molecule is O=C(O)C(F)(F)F.OCC1CCN(Cc2ccc(-c3cccc(-c4nc5ccc(F)cc5[nH]4)c3)cc2)CC1. The highest BCUT2D eigenvalue weighted by Crippen LogP contribution is 2.27. The van der Waals surface area contributed by atoms with Gasteiger partial charge in [0.05, 0.1) is 11.0 Å². The number of rotatable bonds is 5. The number of nitrogens with zero attached hydrogens (tertiary/aromatic N) is 2. The molecular weight excluding hydrogens is 502 g/mol. The average molecular weight is 530 g/mol. The molecule has 1 aliphatic heterocycles. The van der Waals surface area contributed by atoms with Crippen LogP contribution >= 0.6 is 0 Å². The summed E-state index contributed by atoms with van der Waals surface area (Å²) in [7, 11) is 0.